The third kappa shape index (κ3) is 4.07. The van der Waals surface area contributed by atoms with Gasteiger partial charge in [-0.25, -0.2) is 0 Å². The van der Waals surface area contributed by atoms with E-state index < -0.39 is 0 Å². The highest BCUT2D eigenvalue weighted by Gasteiger charge is 2.07. The highest BCUT2D eigenvalue weighted by molar-refractivity contribution is 9.10. The number of aromatic nitrogens is 2. The summed E-state index contributed by atoms with van der Waals surface area (Å²) in [6, 6.07) is 15.6. The van der Waals surface area contributed by atoms with Crippen molar-refractivity contribution in [2.24, 2.45) is 0 Å². The summed E-state index contributed by atoms with van der Waals surface area (Å²) in [6.07, 6.45) is 3.49. The number of benzene rings is 2. The molecule has 116 valence electrons. The maximum atomic E-state index is 12.2. The van der Waals surface area contributed by atoms with Crippen LogP contribution < -0.4 is 5.32 Å². The Kier molecular flexibility index (Phi) is 4.57. The molecule has 1 N–H and O–H groups in total. The highest BCUT2D eigenvalue weighted by Crippen LogP contribution is 2.13. The predicted molar refractivity (Wildman–Crippen MR) is 94.6 cm³/mol. The average molecular weight is 370 g/mol. The molecule has 4 nitrogen and oxygen atoms in total. The van der Waals surface area contributed by atoms with E-state index in [-0.39, 0.29) is 5.91 Å². The van der Waals surface area contributed by atoms with Crippen LogP contribution in [0.3, 0.4) is 0 Å². The van der Waals surface area contributed by atoms with Crippen LogP contribution in [-0.4, -0.2) is 15.7 Å². The van der Waals surface area contributed by atoms with Crippen LogP contribution in [0, 0.1) is 6.92 Å². The van der Waals surface area contributed by atoms with Gasteiger partial charge in [0.1, 0.15) is 0 Å². The van der Waals surface area contributed by atoms with Crippen LogP contribution in [0.25, 0.3) is 0 Å². The first kappa shape index (κ1) is 15.5. The highest BCUT2D eigenvalue weighted by atomic mass is 79.9. The van der Waals surface area contributed by atoms with Crippen molar-refractivity contribution < 1.29 is 4.79 Å². The van der Waals surface area contributed by atoms with Crippen molar-refractivity contribution in [3.63, 3.8) is 0 Å². The van der Waals surface area contributed by atoms with Crippen molar-refractivity contribution in [1.82, 2.24) is 9.78 Å². The van der Waals surface area contributed by atoms with E-state index in [1.807, 2.05) is 55.6 Å². The van der Waals surface area contributed by atoms with Gasteiger partial charge in [-0.15, -0.1) is 0 Å². The summed E-state index contributed by atoms with van der Waals surface area (Å²) in [5, 5.41) is 7.16. The second kappa shape index (κ2) is 6.79. The minimum absolute atomic E-state index is 0.128. The smallest absolute Gasteiger partial charge is 0.255 e. The monoisotopic (exact) mass is 369 g/mol. The Morgan fingerprint density at radius 1 is 1.22 bits per heavy atom. The quantitative estimate of drug-likeness (QED) is 0.746. The number of carbonyl (C=O) groups is 1. The van der Waals surface area contributed by atoms with E-state index in [1.165, 1.54) is 0 Å². The van der Waals surface area contributed by atoms with Crippen LogP contribution >= 0.6 is 15.9 Å². The van der Waals surface area contributed by atoms with Crippen molar-refractivity contribution in [3.8, 4) is 0 Å². The van der Waals surface area contributed by atoms with Gasteiger partial charge in [0.2, 0.25) is 0 Å². The van der Waals surface area contributed by atoms with Crippen molar-refractivity contribution in [1.29, 1.82) is 0 Å². The summed E-state index contributed by atoms with van der Waals surface area (Å²) in [4.78, 5) is 12.2. The Bertz CT molecular complexity index is 824. The van der Waals surface area contributed by atoms with Gasteiger partial charge in [0.15, 0.2) is 0 Å². The molecule has 23 heavy (non-hydrogen) atoms. The Balaban J connectivity index is 1.67. The first-order chi connectivity index (χ1) is 11.1. The third-order valence-electron chi connectivity index (χ3n) is 3.43. The van der Waals surface area contributed by atoms with Gasteiger partial charge in [0.05, 0.1) is 18.4 Å². The molecule has 0 aliphatic rings. The molecule has 1 aromatic heterocycles. The lowest BCUT2D eigenvalue weighted by Gasteiger charge is -2.04. The van der Waals surface area contributed by atoms with Crippen LogP contribution in [-0.2, 0) is 6.54 Å². The zero-order valence-corrected chi connectivity index (χ0v) is 14.2. The molecule has 0 saturated carbocycles. The fourth-order valence-electron chi connectivity index (χ4n) is 2.28. The average Bonchev–Trinajstić information content (AvgIpc) is 2.96. The summed E-state index contributed by atoms with van der Waals surface area (Å²) in [5.41, 5.74) is 3.54. The molecule has 0 fully saturated rings. The number of hydrogen-bond donors (Lipinski definition) is 1. The fourth-order valence-corrected chi connectivity index (χ4v) is 2.55. The third-order valence-corrected chi connectivity index (χ3v) is 3.96. The molecule has 2 aromatic carbocycles. The van der Waals surface area contributed by atoms with Crippen molar-refractivity contribution in [2.75, 3.05) is 5.32 Å². The number of amides is 1. The Hall–Kier alpha value is -2.40. The summed E-state index contributed by atoms with van der Waals surface area (Å²) in [6.45, 7) is 2.63. The van der Waals surface area contributed by atoms with E-state index in [9.17, 15) is 4.79 Å². The van der Waals surface area contributed by atoms with E-state index in [2.05, 4.69) is 26.3 Å². The first-order valence-electron chi connectivity index (χ1n) is 7.25. The van der Waals surface area contributed by atoms with E-state index in [1.54, 1.807) is 16.9 Å². The predicted octanol–water partition coefficient (Wildman–Crippen LogP) is 4.25. The number of rotatable bonds is 4. The molecule has 3 aromatic rings. The summed E-state index contributed by atoms with van der Waals surface area (Å²) in [7, 11) is 0. The molecule has 0 unspecified atom stereocenters. The molecule has 1 heterocycles. The van der Waals surface area contributed by atoms with E-state index >= 15 is 0 Å². The molecule has 0 bridgehead atoms. The van der Waals surface area contributed by atoms with Gasteiger partial charge >= 0.3 is 0 Å². The zero-order chi connectivity index (χ0) is 16.2. The summed E-state index contributed by atoms with van der Waals surface area (Å²) in [5.74, 6) is -0.128. The van der Waals surface area contributed by atoms with Crippen molar-refractivity contribution in [3.05, 3.63) is 82.1 Å². The molecule has 0 spiro atoms. The van der Waals surface area contributed by atoms with Crippen LogP contribution in [0.5, 0.6) is 0 Å². The van der Waals surface area contributed by atoms with Gasteiger partial charge in [-0.1, -0.05) is 45.8 Å². The number of nitrogens with zero attached hydrogens (tertiary/aromatic N) is 2. The second-order valence-corrected chi connectivity index (χ2v) is 6.29. The van der Waals surface area contributed by atoms with Crippen molar-refractivity contribution >= 4 is 27.5 Å². The number of aryl methyl sites for hydroxylation is 1. The lowest BCUT2D eigenvalue weighted by Crippen LogP contribution is -2.11. The van der Waals surface area contributed by atoms with Crippen LogP contribution in [0.2, 0.25) is 0 Å². The van der Waals surface area contributed by atoms with Crippen LogP contribution in [0.4, 0.5) is 5.69 Å². The van der Waals surface area contributed by atoms with Gasteiger partial charge in [-0.3, -0.25) is 9.48 Å². The maximum absolute atomic E-state index is 12.2. The topological polar surface area (TPSA) is 46.9 Å². The van der Waals surface area contributed by atoms with Gasteiger partial charge in [0, 0.05) is 16.2 Å². The molecular weight excluding hydrogens is 354 g/mol. The molecule has 5 heteroatoms. The lowest BCUT2D eigenvalue weighted by atomic mass is 10.1. The number of hydrogen-bond acceptors (Lipinski definition) is 2. The SMILES string of the molecule is Cc1cccc(C(=O)Nc2cnn(Cc3ccc(Br)cc3)c2)c1. The van der Waals surface area contributed by atoms with Gasteiger partial charge in [0.25, 0.3) is 5.91 Å². The number of carbonyl (C=O) groups excluding carboxylic acids is 1. The minimum atomic E-state index is -0.128. The van der Waals surface area contributed by atoms with Gasteiger partial charge < -0.3 is 5.32 Å². The molecule has 1 amide bonds. The zero-order valence-electron chi connectivity index (χ0n) is 12.7. The molecule has 0 aliphatic heterocycles. The molecule has 3 rings (SSSR count). The second-order valence-electron chi connectivity index (χ2n) is 5.38. The molecular formula is C18H16BrN3O. The largest absolute Gasteiger partial charge is 0.319 e. The van der Waals surface area contributed by atoms with E-state index in [0.717, 1.165) is 15.6 Å². The Morgan fingerprint density at radius 2 is 2.00 bits per heavy atom. The molecule has 0 saturated heterocycles. The lowest BCUT2D eigenvalue weighted by molar-refractivity contribution is 0.102. The standard InChI is InChI=1S/C18H16BrN3O/c1-13-3-2-4-15(9-13)18(23)21-17-10-20-22(12-17)11-14-5-7-16(19)8-6-14/h2-10,12H,11H2,1H3,(H,21,23). The Morgan fingerprint density at radius 3 is 2.74 bits per heavy atom. The number of halogens is 1. The van der Waals surface area contributed by atoms with E-state index in [4.69, 9.17) is 0 Å². The van der Waals surface area contributed by atoms with Crippen molar-refractivity contribution in [2.45, 2.75) is 13.5 Å². The number of nitrogens with one attached hydrogen (secondary N) is 1. The first-order valence-corrected chi connectivity index (χ1v) is 8.04. The summed E-state index contributed by atoms with van der Waals surface area (Å²) >= 11 is 3.42. The van der Waals surface area contributed by atoms with Crippen LogP contribution in [0.1, 0.15) is 21.5 Å². The van der Waals surface area contributed by atoms with E-state index in [0.29, 0.717) is 17.8 Å². The van der Waals surface area contributed by atoms with Gasteiger partial charge in [-0.05, 0) is 36.8 Å². The fraction of sp³-hybridized carbons (Fsp3) is 0.111. The summed E-state index contributed by atoms with van der Waals surface area (Å²) < 4.78 is 2.85. The Labute approximate surface area is 143 Å². The molecule has 0 radical (unpaired) electrons. The van der Waals surface area contributed by atoms with Crippen LogP contribution in [0.15, 0.2) is 65.4 Å². The van der Waals surface area contributed by atoms with Gasteiger partial charge in [-0.2, -0.15) is 5.10 Å². The maximum Gasteiger partial charge on any atom is 0.255 e. The normalized spacial score (nSPS) is 10.5. The number of anilines is 1. The molecule has 0 atom stereocenters. The minimum Gasteiger partial charge on any atom is -0.319 e. The molecule has 0 aliphatic carbocycles.